The minimum absolute atomic E-state index is 0.0782. The lowest BCUT2D eigenvalue weighted by Gasteiger charge is -2.31. The summed E-state index contributed by atoms with van der Waals surface area (Å²) in [5.74, 6) is -4.27. The van der Waals surface area contributed by atoms with Crippen LogP contribution in [0.5, 0.6) is 0 Å². The van der Waals surface area contributed by atoms with Crippen molar-refractivity contribution >= 4 is 41.5 Å². The molecule has 4 amide bonds. The van der Waals surface area contributed by atoms with E-state index in [4.69, 9.17) is 33.8 Å². The number of carbonyl (C=O) groups excluding carboxylic acids is 4. The van der Waals surface area contributed by atoms with Crippen LogP contribution in [-0.2, 0) is 24.0 Å². The van der Waals surface area contributed by atoms with E-state index in [0.717, 1.165) is 0 Å². The molecule has 6 atom stereocenters. The molecule has 0 aliphatic carbocycles. The number of hydrogen-bond acceptors (Lipinski definition) is 9. The number of nitrogens with two attached hydrogens (primary N) is 5. The van der Waals surface area contributed by atoms with Crippen molar-refractivity contribution in [3.8, 4) is 0 Å². The second-order valence-electron chi connectivity index (χ2n) is 10.1. The standard InChI is InChI=1S/C24H45N11O7/c1-12(22(41)42)32-19(38)15(7-4-10-31-24(28)29)33-20(39)16-8-5-11-35(16)21(40)17(13(2)36)34-18(37)14(25)6-3-9-30-23(26)27/h12-17,36H,3-11,25H2,1-2H3,(H,32,38)(H,33,39)(H,34,37)(H,41,42)(H4,26,27,30)(H4,28,29,31). The third kappa shape index (κ3) is 12.1. The van der Waals surface area contributed by atoms with Crippen molar-refractivity contribution in [2.45, 2.75) is 88.7 Å². The van der Waals surface area contributed by atoms with Gasteiger partial charge >= 0.3 is 5.97 Å². The van der Waals surface area contributed by atoms with E-state index < -0.39 is 65.9 Å². The number of nitrogens with one attached hydrogen (secondary N) is 3. The molecule has 0 aromatic rings. The molecule has 0 bridgehead atoms. The maximum absolute atomic E-state index is 13.4. The molecule has 1 heterocycles. The SMILES string of the molecule is CC(NC(=O)C(CCCN=C(N)N)NC(=O)C1CCCN1C(=O)C(NC(=O)C(N)CCCN=C(N)N)C(C)O)C(=O)O. The van der Waals surface area contributed by atoms with Gasteiger partial charge in [0.05, 0.1) is 12.1 Å². The zero-order chi connectivity index (χ0) is 32.0. The van der Waals surface area contributed by atoms with Gasteiger partial charge in [-0.15, -0.1) is 0 Å². The number of rotatable bonds is 17. The molecule has 1 fully saturated rings. The smallest absolute Gasteiger partial charge is 0.325 e. The van der Waals surface area contributed by atoms with Crippen molar-refractivity contribution in [3.63, 3.8) is 0 Å². The maximum Gasteiger partial charge on any atom is 0.325 e. The molecule has 0 aromatic carbocycles. The van der Waals surface area contributed by atoms with Crippen LogP contribution in [0.1, 0.15) is 52.4 Å². The van der Waals surface area contributed by atoms with E-state index in [-0.39, 0.29) is 57.2 Å². The van der Waals surface area contributed by atoms with Crippen LogP contribution in [0.4, 0.5) is 0 Å². The molecule has 1 aliphatic rings. The number of hydrogen-bond donors (Lipinski definition) is 10. The first-order chi connectivity index (χ1) is 19.6. The molecular weight excluding hydrogens is 554 g/mol. The summed E-state index contributed by atoms with van der Waals surface area (Å²) in [7, 11) is 0. The normalized spacial score (nSPS) is 18.0. The van der Waals surface area contributed by atoms with Crippen LogP contribution in [0.15, 0.2) is 9.98 Å². The van der Waals surface area contributed by atoms with Crippen LogP contribution in [0.25, 0.3) is 0 Å². The van der Waals surface area contributed by atoms with E-state index in [0.29, 0.717) is 12.8 Å². The number of aliphatic imine (C=N–C) groups is 2. The molecule has 1 aliphatic heterocycles. The van der Waals surface area contributed by atoms with E-state index in [1.807, 2.05) is 0 Å². The number of amides is 4. The molecule has 1 rings (SSSR count). The molecule has 42 heavy (non-hydrogen) atoms. The summed E-state index contributed by atoms with van der Waals surface area (Å²) < 4.78 is 0. The molecule has 1 saturated heterocycles. The number of carbonyl (C=O) groups is 5. The summed E-state index contributed by atoms with van der Waals surface area (Å²) in [6, 6.07) is -5.75. The third-order valence-corrected chi connectivity index (χ3v) is 6.50. The Kier molecular flexibility index (Phi) is 15.0. The first-order valence-electron chi connectivity index (χ1n) is 13.6. The lowest BCUT2D eigenvalue weighted by atomic mass is 10.1. The number of likely N-dealkylation sites (tertiary alicyclic amines) is 1. The van der Waals surface area contributed by atoms with E-state index in [9.17, 15) is 29.1 Å². The number of carboxylic acid groups (broad SMARTS) is 1. The summed E-state index contributed by atoms with van der Waals surface area (Å²) in [6.45, 7) is 3.18. The third-order valence-electron chi connectivity index (χ3n) is 6.50. The Bertz CT molecular complexity index is 1010. The Hall–Kier alpha value is -4.19. The lowest BCUT2D eigenvalue weighted by molar-refractivity contribution is -0.145. The molecule has 15 N–H and O–H groups in total. The van der Waals surface area contributed by atoms with Crippen molar-refractivity contribution in [2.75, 3.05) is 19.6 Å². The first kappa shape index (κ1) is 35.8. The molecule has 0 aromatic heterocycles. The average molecular weight is 600 g/mol. The van der Waals surface area contributed by atoms with Crippen LogP contribution in [-0.4, -0.2) is 113 Å². The van der Waals surface area contributed by atoms with Gasteiger partial charge in [-0.25, -0.2) is 0 Å². The van der Waals surface area contributed by atoms with Gasteiger partial charge in [-0.1, -0.05) is 0 Å². The Morgan fingerprint density at radius 1 is 0.905 bits per heavy atom. The molecule has 0 radical (unpaired) electrons. The fourth-order valence-electron chi connectivity index (χ4n) is 4.20. The number of aliphatic hydroxyl groups excluding tert-OH is 1. The average Bonchev–Trinajstić information content (AvgIpc) is 3.40. The predicted molar refractivity (Wildman–Crippen MR) is 153 cm³/mol. The molecule has 0 spiro atoms. The number of aliphatic hydroxyl groups is 1. The highest BCUT2D eigenvalue weighted by molar-refractivity contribution is 5.96. The van der Waals surface area contributed by atoms with Crippen molar-refractivity contribution in [1.82, 2.24) is 20.9 Å². The summed E-state index contributed by atoms with van der Waals surface area (Å²) in [5.41, 5.74) is 27.1. The van der Waals surface area contributed by atoms with Crippen molar-refractivity contribution in [3.05, 3.63) is 0 Å². The van der Waals surface area contributed by atoms with Gasteiger partial charge in [0.15, 0.2) is 11.9 Å². The Labute approximate surface area is 243 Å². The first-order valence-corrected chi connectivity index (χ1v) is 13.6. The van der Waals surface area contributed by atoms with Crippen LogP contribution in [0, 0.1) is 0 Å². The van der Waals surface area contributed by atoms with Gasteiger partial charge in [0.1, 0.15) is 24.2 Å². The maximum atomic E-state index is 13.4. The Morgan fingerprint density at radius 3 is 2.00 bits per heavy atom. The van der Waals surface area contributed by atoms with Gasteiger partial charge in [-0.05, 0) is 52.4 Å². The number of carboxylic acids is 1. The van der Waals surface area contributed by atoms with Gasteiger partial charge in [-0.3, -0.25) is 34.0 Å². The minimum Gasteiger partial charge on any atom is -0.480 e. The Balaban J connectivity index is 2.96. The molecule has 6 unspecified atom stereocenters. The highest BCUT2D eigenvalue weighted by Crippen LogP contribution is 2.20. The zero-order valence-electron chi connectivity index (χ0n) is 24.0. The Morgan fingerprint density at radius 2 is 1.48 bits per heavy atom. The fraction of sp³-hybridized carbons (Fsp3) is 0.708. The molecule has 0 saturated carbocycles. The second kappa shape index (κ2) is 17.6. The summed E-state index contributed by atoms with van der Waals surface area (Å²) in [5, 5.41) is 26.8. The van der Waals surface area contributed by atoms with Crippen LogP contribution in [0.3, 0.4) is 0 Å². The molecule has 18 heteroatoms. The lowest BCUT2D eigenvalue weighted by Crippen LogP contribution is -2.60. The predicted octanol–water partition coefficient (Wildman–Crippen LogP) is -4.65. The monoisotopic (exact) mass is 599 g/mol. The summed E-state index contributed by atoms with van der Waals surface area (Å²) >= 11 is 0. The minimum atomic E-state index is -1.38. The van der Waals surface area contributed by atoms with Gasteiger partial charge in [0, 0.05) is 19.6 Å². The van der Waals surface area contributed by atoms with Crippen molar-refractivity contribution in [1.29, 1.82) is 0 Å². The second-order valence-corrected chi connectivity index (χ2v) is 10.1. The van der Waals surface area contributed by atoms with E-state index in [1.54, 1.807) is 0 Å². The van der Waals surface area contributed by atoms with Gasteiger partial charge in [0.25, 0.3) is 0 Å². The van der Waals surface area contributed by atoms with Crippen molar-refractivity contribution < 1.29 is 34.2 Å². The molecule has 18 nitrogen and oxygen atoms in total. The van der Waals surface area contributed by atoms with Crippen LogP contribution in [0.2, 0.25) is 0 Å². The van der Waals surface area contributed by atoms with E-state index in [2.05, 4.69) is 25.9 Å². The highest BCUT2D eigenvalue weighted by atomic mass is 16.4. The van der Waals surface area contributed by atoms with Crippen LogP contribution < -0.4 is 44.6 Å². The van der Waals surface area contributed by atoms with Crippen LogP contribution >= 0.6 is 0 Å². The summed E-state index contributed by atoms with van der Waals surface area (Å²) in [4.78, 5) is 72.2. The number of nitrogens with zero attached hydrogens (tertiary/aromatic N) is 3. The zero-order valence-corrected chi connectivity index (χ0v) is 24.0. The largest absolute Gasteiger partial charge is 0.480 e. The number of aliphatic carboxylic acids is 1. The number of guanidine groups is 2. The summed E-state index contributed by atoms with van der Waals surface area (Å²) in [6.07, 6.45) is 0.376. The molecule has 238 valence electrons. The van der Waals surface area contributed by atoms with Gasteiger partial charge in [-0.2, -0.15) is 0 Å². The van der Waals surface area contributed by atoms with Gasteiger partial charge < -0.3 is 59.7 Å². The fourth-order valence-corrected chi connectivity index (χ4v) is 4.20. The van der Waals surface area contributed by atoms with E-state index >= 15 is 0 Å². The van der Waals surface area contributed by atoms with E-state index in [1.165, 1.54) is 18.7 Å². The topological polar surface area (TPSA) is 320 Å². The van der Waals surface area contributed by atoms with Gasteiger partial charge in [0.2, 0.25) is 23.6 Å². The quantitative estimate of drug-likeness (QED) is 0.0428. The van der Waals surface area contributed by atoms with Crippen molar-refractivity contribution in [2.24, 2.45) is 38.7 Å². The molecular formula is C24H45N11O7. The highest BCUT2D eigenvalue weighted by Gasteiger charge is 2.40.